The molecule has 0 unspecified atom stereocenters. The van der Waals surface area contributed by atoms with Gasteiger partial charge in [0.15, 0.2) is 5.16 Å². The maximum atomic E-state index is 13.5. The Morgan fingerprint density at radius 3 is 2.65 bits per heavy atom. The van der Waals surface area contributed by atoms with Gasteiger partial charge in [0, 0.05) is 30.5 Å². The van der Waals surface area contributed by atoms with Crippen LogP contribution in [0.5, 0.6) is 0 Å². The highest BCUT2D eigenvalue weighted by Crippen LogP contribution is 2.27. The zero-order valence-corrected chi connectivity index (χ0v) is 11.5. The molecule has 0 atom stereocenters. The number of nitrogens with one attached hydrogen (secondary N) is 1. The summed E-state index contributed by atoms with van der Waals surface area (Å²) in [4.78, 5) is 8.52. The van der Waals surface area contributed by atoms with Crippen LogP contribution in [0, 0.1) is 11.6 Å². The maximum Gasteiger partial charge on any atom is 0.192 e. The van der Waals surface area contributed by atoms with Gasteiger partial charge >= 0.3 is 0 Å². The summed E-state index contributed by atoms with van der Waals surface area (Å²) in [5.74, 6) is -0.946. The molecule has 1 heterocycles. The van der Waals surface area contributed by atoms with Crippen LogP contribution in [0.4, 0.5) is 8.78 Å². The van der Waals surface area contributed by atoms with Crippen LogP contribution in [-0.2, 0) is 6.54 Å². The number of hydrogen-bond donors (Lipinski definition) is 1. The van der Waals surface area contributed by atoms with Gasteiger partial charge in [-0.05, 0) is 42.8 Å². The summed E-state index contributed by atoms with van der Waals surface area (Å²) >= 11 is 1.02. The molecule has 0 spiro atoms. The SMILES string of the molecule is Fc1ccc(F)c(Sc2ncc(CNC3CC3)cn2)c1. The summed E-state index contributed by atoms with van der Waals surface area (Å²) in [6.07, 6.45) is 5.88. The topological polar surface area (TPSA) is 37.8 Å². The maximum absolute atomic E-state index is 13.5. The molecule has 0 radical (unpaired) electrons. The lowest BCUT2D eigenvalue weighted by atomic mass is 10.3. The number of nitrogens with zero attached hydrogens (tertiary/aromatic N) is 2. The van der Waals surface area contributed by atoms with Crippen molar-refractivity contribution in [3.05, 3.63) is 47.8 Å². The van der Waals surface area contributed by atoms with Crippen molar-refractivity contribution < 1.29 is 8.78 Å². The van der Waals surface area contributed by atoms with E-state index in [-0.39, 0.29) is 4.90 Å². The molecule has 0 saturated heterocycles. The smallest absolute Gasteiger partial charge is 0.192 e. The van der Waals surface area contributed by atoms with Gasteiger partial charge in [0.1, 0.15) is 11.6 Å². The number of halogens is 2. The first-order valence-electron chi connectivity index (χ1n) is 6.38. The van der Waals surface area contributed by atoms with E-state index in [1.807, 2.05) is 0 Å². The van der Waals surface area contributed by atoms with Crippen LogP contribution >= 0.6 is 11.8 Å². The normalized spacial score (nSPS) is 14.5. The summed E-state index contributed by atoms with van der Waals surface area (Å²) in [6, 6.07) is 3.97. The zero-order chi connectivity index (χ0) is 13.9. The standard InChI is InChI=1S/C14H13F2N3S/c15-10-1-4-12(16)13(5-10)20-14-18-7-9(8-19-14)6-17-11-2-3-11/h1,4-5,7-8,11,17H,2-3,6H2. The van der Waals surface area contributed by atoms with Crippen molar-refractivity contribution in [2.75, 3.05) is 0 Å². The molecule has 1 N–H and O–H groups in total. The minimum absolute atomic E-state index is 0.189. The quantitative estimate of drug-likeness (QED) is 0.859. The lowest BCUT2D eigenvalue weighted by Gasteiger charge is -2.04. The Kier molecular flexibility index (Phi) is 3.93. The predicted octanol–water partition coefficient (Wildman–Crippen LogP) is 3.16. The van der Waals surface area contributed by atoms with Gasteiger partial charge in [-0.3, -0.25) is 0 Å². The van der Waals surface area contributed by atoms with Gasteiger partial charge in [-0.15, -0.1) is 0 Å². The van der Waals surface area contributed by atoms with Crippen LogP contribution in [0.3, 0.4) is 0 Å². The van der Waals surface area contributed by atoms with Crippen LogP contribution in [0.15, 0.2) is 40.6 Å². The van der Waals surface area contributed by atoms with Crippen molar-refractivity contribution in [2.45, 2.75) is 35.5 Å². The van der Waals surface area contributed by atoms with E-state index in [9.17, 15) is 8.78 Å². The first kappa shape index (κ1) is 13.5. The molecule has 20 heavy (non-hydrogen) atoms. The lowest BCUT2D eigenvalue weighted by Crippen LogP contribution is -2.15. The molecule has 0 aliphatic heterocycles. The molecule has 3 rings (SSSR count). The molecule has 1 aromatic heterocycles. The van der Waals surface area contributed by atoms with E-state index in [1.165, 1.54) is 12.8 Å². The minimum atomic E-state index is -0.473. The third-order valence-corrected chi connectivity index (χ3v) is 3.87. The average molecular weight is 293 g/mol. The Balaban J connectivity index is 1.66. The van der Waals surface area contributed by atoms with E-state index in [1.54, 1.807) is 12.4 Å². The molecule has 104 valence electrons. The molecular formula is C14H13F2N3S. The van der Waals surface area contributed by atoms with Gasteiger partial charge in [0.2, 0.25) is 0 Å². The van der Waals surface area contributed by atoms with Crippen LogP contribution in [-0.4, -0.2) is 16.0 Å². The van der Waals surface area contributed by atoms with Gasteiger partial charge < -0.3 is 5.32 Å². The van der Waals surface area contributed by atoms with Gasteiger partial charge in [-0.2, -0.15) is 0 Å². The number of benzene rings is 1. The van der Waals surface area contributed by atoms with E-state index in [4.69, 9.17) is 0 Å². The summed E-state index contributed by atoms with van der Waals surface area (Å²) in [5, 5.41) is 3.77. The highest BCUT2D eigenvalue weighted by atomic mass is 32.2. The molecule has 0 bridgehead atoms. The fourth-order valence-corrected chi connectivity index (χ4v) is 2.43. The molecule has 1 fully saturated rings. The predicted molar refractivity (Wildman–Crippen MR) is 72.4 cm³/mol. The van der Waals surface area contributed by atoms with Crippen molar-refractivity contribution in [3.63, 3.8) is 0 Å². The third kappa shape index (κ3) is 3.52. The summed E-state index contributed by atoms with van der Waals surface area (Å²) in [5.41, 5.74) is 0.987. The second kappa shape index (κ2) is 5.85. The van der Waals surface area contributed by atoms with Crippen LogP contribution in [0.2, 0.25) is 0 Å². The largest absolute Gasteiger partial charge is 0.310 e. The Bertz CT molecular complexity index is 600. The Morgan fingerprint density at radius 2 is 1.95 bits per heavy atom. The van der Waals surface area contributed by atoms with Crippen molar-refractivity contribution >= 4 is 11.8 Å². The van der Waals surface area contributed by atoms with E-state index < -0.39 is 11.6 Å². The zero-order valence-electron chi connectivity index (χ0n) is 10.6. The van der Waals surface area contributed by atoms with Crippen LogP contribution < -0.4 is 5.32 Å². The average Bonchev–Trinajstić information content (AvgIpc) is 3.26. The van der Waals surface area contributed by atoms with Crippen molar-refractivity contribution in [1.82, 2.24) is 15.3 Å². The molecule has 6 heteroatoms. The van der Waals surface area contributed by atoms with Gasteiger partial charge in [-0.1, -0.05) is 0 Å². The summed E-state index contributed by atoms with van der Waals surface area (Å²) in [6.45, 7) is 0.740. The van der Waals surface area contributed by atoms with Crippen molar-refractivity contribution in [1.29, 1.82) is 0 Å². The minimum Gasteiger partial charge on any atom is -0.310 e. The summed E-state index contributed by atoms with van der Waals surface area (Å²) in [7, 11) is 0. The second-order valence-electron chi connectivity index (χ2n) is 4.71. The van der Waals surface area contributed by atoms with E-state index in [0.717, 1.165) is 42.1 Å². The monoisotopic (exact) mass is 293 g/mol. The number of aromatic nitrogens is 2. The van der Waals surface area contributed by atoms with E-state index in [0.29, 0.717) is 11.2 Å². The van der Waals surface area contributed by atoms with Gasteiger partial charge in [-0.25, -0.2) is 18.7 Å². The fourth-order valence-electron chi connectivity index (χ4n) is 1.69. The first-order chi connectivity index (χ1) is 9.70. The highest BCUT2D eigenvalue weighted by molar-refractivity contribution is 7.99. The second-order valence-corrected chi connectivity index (χ2v) is 5.71. The van der Waals surface area contributed by atoms with Crippen LogP contribution in [0.25, 0.3) is 0 Å². The van der Waals surface area contributed by atoms with Crippen molar-refractivity contribution in [2.24, 2.45) is 0 Å². The molecule has 1 aromatic carbocycles. The first-order valence-corrected chi connectivity index (χ1v) is 7.19. The molecule has 0 amide bonds. The number of rotatable bonds is 5. The molecule has 1 aliphatic rings. The Hall–Kier alpha value is -1.53. The fraction of sp³-hybridized carbons (Fsp3) is 0.286. The Morgan fingerprint density at radius 1 is 1.20 bits per heavy atom. The van der Waals surface area contributed by atoms with Crippen LogP contribution in [0.1, 0.15) is 18.4 Å². The van der Waals surface area contributed by atoms with Crippen molar-refractivity contribution in [3.8, 4) is 0 Å². The molecule has 2 aromatic rings. The Labute approximate surface area is 119 Å². The summed E-state index contributed by atoms with van der Waals surface area (Å²) < 4.78 is 26.6. The lowest BCUT2D eigenvalue weighted by molar-refractivity contribution is 0.577. The molecular weight excluding hydrogens is 280 g/mol. The molecule has 3 nitrogen and oxygen atoms in total. The number of hydrogen-bond acceptors (Lipinski definition) is 4. The van der Waals surface area contributed by atoms with E-state index >= 15 is 0 Å². The third-order valence-electron chi connectivity index (χ3n) is 2.95. The van der Waals surface area contributed by atoms with E-state index in [2.05, 4.69) is 15.3 Å². The molecule has 1 saturated carbocycles. The highest BCUT2D eigenvalue weighted by Gasteiger charge is 2.20. The van der Waals surface area contributed by atoms with Gasteiger partial charge in [0.05, 0.1) is 4.90 Å². The molecule has 1 aliphatic carbocycles. The van der Waals surface area contributed by atoms with Gasteiger partial charge in [0.25, 0.3) is 0 Å².